The van der Waals surface area contributed by atoms with Crippen LogP contribution in [0.25, 0.3) is 0 Å². The smallest absolute Gasteiger partial charge is 0.251 e. The van der Waals surface area contributed by atoms with Crippen LogP contribution in [0.2, 0.25) is 0 Å². The number of carbonyl (C=O) groups is 1. The predicted octanol–water partition coefficient (Wildman–Crippen LogP) is 4.38. The molecule has 4 nitrogen and oxygen atoms in total. The highest BCUT2D eigenvalue weighted by Gasteiger charge is 2.07. The van der Waals surface area contributed by atoms with Gasteiger partial charge < -0.3 is 14.8 Å². The largest absolute Gasteiger partial charge is 0.491 e. The predicted molar refractivity (Wildman–Crippen MR) is 106 cm³/mol. The fourth-order valence-corrected chi connectivity index (χ4v) is 2.61. The van der Waals surface area contributed by atoms with Crippen LogP contribution in [0.5, 0.6) is 11.5 Å². The fourth-order valence-electron chi connectivity index (χ4n) is 2.61. The standard InChI is InChI=1S/C23H23NO3/c1-18-8-5-6-13-22(18)26-15-14-24-23(25)20-11-7-12-21(16-20)27-17-19-9-3-2-4-10-19/h2-13,16H,14-15,17H2,1H3,(H,24,25). The molecular formula is C23H23NO3. The summed E-state index contributed by atoms with van der Waals surface area (Å²) in [6, 6.07) is 24.9. The van der Waals surface area contributed by atoms with E-state index < -0.39 is 0 Å². The number of nitrogens with one attached hydrogen (secondary N) is 1. The Morgan fingerprint density at radius 3 is 2.48 bits per heavy atom. The number of para-hydroxylation sites is 1. The Kier molecular flexibility index (Phi) is 6.47. The molecule has 1 N–H and O–H groups in total. The van der Waals surface area contributed by atoms with Crippen LogP contribution in [0.4, 0.5) is 0 Å². The molecule has 0 spiro atoms. The molecule has 3 aromatic carbocycles. The number of ether oxygens (including phenoxy) is 2. The molecule has 0 aliphatic heterocycles. The molecule has 3 aromatic rings. The second kappa shape index (κ2) is 9.43. The Morgan fingerprint density at radius 2 is 1.67 bits per heavy atom. The lowest BCUT2D eigenvalue weighted by Gasteiger charge is -2.11. The van der Waals surface area contributed by atoms with Crippen LogP contribution in [0.1, 0.15) is 21.5 Å². The van der Waals surface area contributed by atoms with E-state index in [2.05, 4.69) is 5.32 Å². The van der Waals surface area contributed by atoms with Crippen molar-refractivity contribution in [1.29, 1.82) is 0 Å². The average molecular weight is 361 g/mol. The first-order chi connectivity index (χ1) is 13.2. The summed E-state index contributed by atoms with van der Waals surface area (Å²) in [4.78, 5) is 12.3. The Bertz CT molecular complexity index is 878. The minimum Gasteiger partial charge on any atom is -0.491 e. The third-order valence-electron chi connectivity index (χ3n) is 4.08. The van der Waals surface area contributed by atoms with Crippen LogP contribution in [0.15, 0.2) is 78.9 Å². The maximum absolute atomic E-state index is 12.3. The number of carbonyl (C=O) groups excluding carboxylic acids is 1. The number of amides is 1. The van der Waals surface area contributed by atoms with E-state index in [1.165, 1.54) is 0 Å². The molecule has 0 unspecified atom stereocenters. The Labute approximate surface area is 159 Å². The Morgan fingerprint density at radius 1 is 0.889 bits per heavy atom. The van der Waals surface area contributed by atoms with Gasteiger partial charge in [0, 0.05) is 5.56 Å². The molecule has 0 radical (unpaired) electrons. The van der Waals surface area contributed by atoms with Crippen molar-refractivity contribution in [3.05, 3.63) is 95.6 Å². The lowest BCUT2D eigenvalue weighted by molar-refractivity contribution is 0.0946. The molecular weight excluding hydrogens is 338 g/mol. The van der Waals surface area contributed by atoms with Crippen LogP contribution < -0.4 is 14.8 Å². The first kappa shape index (κ1) is 18.5. The lowest BCUT2D eigenvalue weighted by Crippen LogP contribution is -2.28. The molecule has 0 aliphatic carbocycles. The SMILES string of the molecule is Cc1ccccc1OCCNC(=O)c1cccc(OCc2ccccc2)c1. The minimum absolute atomic E-state index is 0.145. The van der Waals surface area contributed by atoms with Gasteiger partial charge in [0.25, 0.3) is 5.91 Å². The van der Waals surface area contributed by atoms with Gasteiger partial charge in [0.1, 0.15) is 24.7 Å². The maximum Gasteiger partial charge on any atom is 0.251 e. The molecule has 1 amide bonds. The summed E-state index contributed by atoms with van der Waals surface area (Å²) in [5, 5.41) is 2.87. The molecule has 0 fully saturated rings. The van der Waals surface area contributed by atoms with E-state index in [0.29, 0.717) is 31.1 Å². The number of rotatable bonds is 8. The monoisotopic (exact) mass is 361 g/mol. The van der Waals surface area contributed by atoms with E-state index in [0.717, 1.165) is 16.9 Å². The van der Waals surface area contributed by atoms with Crippen molar-refractivity contribution < 1.29 is 14.3 Å². The summed E-state index contributed by atoms with van der Waals surface area (Å²) in [5.74, 6) is 1.36. The van der Waals surface area contributed by atoms with Crippen LogP contribution in [0, 0.1) is 6.92 Å². The molecule has 0 aliphatic rings. The molecule has 3 rings (SSSR count). The zero-order valence-electron chi connectivity index (χ0n) is 15.4. The summed E-state index contributed by atoms with van der Waals surface area (Å²) in [7, 11) is 0. The van der Waals surface area contributed by atoms with Gasteiger partial charge in [0.05, 0.1) is 6.54 Å². The van der Waals surface area contributed by atoms with Crippen LogP contribution in [-0.2, 0) is 6.61 Å². The Hall–Kier alpha value is -3.27. The summed E-state index contributed by atoms with van der Waals surface area (Å²) in [6.45, 7) is 3.31. The van der Waals surface area contributed by atoms with Gasteiger partial charge in [-0.1, -0.05) is 54.6 Å². The van der Waals surface area contributed by atoms with Crippen molar-refractivity contribution in [2.75, 3.05) is 13.2 Å². The molecule has 0 heterocycles. The summed E-state index contributed by atoms with van der Waals surface area (Å²) in [6.07, 6.45) is 0. The molecule has 0 aromatic heterocycles. The van der Waals surface area contributed by atoms with E-state index in [4.69, 9.17) is 9.47 Å². The maximum atomic E-state index is 12.3. The molecule has 0 atom stereocenters. The first-order valence-electron chi connectivity index (χ1n) is 8.96. The topological polar surface area (TPSA) is 47.6 Å². The minimum atomic E-state index is -0.145. The molecule has 27 heavy (non-hydrogen) atoms. The molecule has 4 heteroatoms. The number of benzene rings is 3. The van der Waals surface area contributed by atoms with Crippen molar-refractivity contribution in [3.63, 3.8) is 0 Å². The van der Waals surface area contributed by atoms with Gasteiger partial charge in [-0.15, -0.1) is 0 Å². The number of aryl methyl sites for hydroxylation is 1. The van der Waals surface area contributed by atoms with E-state index in [9.17, 15) is 4.79 Å². The van der Waals surface area contributed by atoms with E-state index in [1.807, 2.05) is 73.7 Å². The second-order valence-electron chi connectivity index (χ2n) is 6.17. The molecule has 0 saturated carbocycles. The van der Waals surface area contributed by atoms with Gasteiger partial charge in [-0.3, -0.25) is 4.79 Å². The molecule has 138 valence electrons. The third-order valence-corrected chi connectivity index (χ3v) is 4.08. The van der Waals surface area contributed by atoms with Crippen molar-refractivity contribution in [1.82, 2.24) is 5.32 Å². The van der Waals surface area contributed by atoms with E-state index >= 15 is 0 Å². The zero-order valence-corrected chi connectivity index (χ0v) is 15.4. The van der Waals surface area contributed by atoms with E-state index in [-0.39, 0.29) is 5.91 Å². The van der Waals surface area contributed by atoms with Crippen molar-refractivity contribution >= 4 is 5.91 Å². The third kappa shape index (κ3) is 5.61. The first-order valence-corrected chi connectivity index (χ1v) is 8.96. The van der Waals surface area contributed by atoms with Gasteiger partial charge in [-0.2, -0.15) is 0 Å². The van der Waals surface area contributed by atoms with Gasteiger partial charge in [0.15, 0.2) is 0 Å². The number of hydrogen-bond donors (Lipinski definition) is 1. The normalized spacial score (nSPS) is 10.3. The summed E-state index contributed by atoms with van der Waals surface area (Å²) in [5.41, 5.74) is 2.73. The molecule has 0 saturated heterocycles. The van der Waals surface area contributed by atoms with Crippen LogP contribution >= 0.6 is 0 Å². The second-order valence-corrected chi connectivity index (χ2v) is 6.17. The van der Waals surface area contributed by atoms with Crippen molar-refractivity contribution in [2.24, 2.45) is 0 Å². The quantitative estimate of drug-likeness (QED) is 0.606. The highest BCUT2D eigenvalue weighted by atomic mass is 16.5. The summed E-state index contributed by atoms with van der Waals surface area (Å²) < 4.78 is 11.5. The molecule has 0 bridgehead atoms. The number of hydrogen-bond acceptors (Lipinski definition) is 3. The lowest BCUT2D eigenvalue weighted by atomic mass is 10.2. The van der Waals surface area contributed by atoms with Crippen LogP contribution in [-0.4, -0.2) is 19.1 Å². The van der Waals surface area contributed by atoms with Gasteiger partial charge in [0.2, 0.25) is 0 Å². The van der Waals surface area contributed by atoms with E-state index in [1.54, 1.807) is 12.1 Å². The van der Waals surface area contributed by atoms with Crippen molar-refractivity contribution in [2.45, 2.75) is 13.5 Å². The Balaban J connectivity index is 1.47. The highest BCUT2D eigenvalue weighted by Crippen LogP contribution is 2.16. The van der Waals surface area contributed by atoms with Gasteiger partial charge in [-0.05, 0) is 42.3 Å². The van der Waals surface area contributed by atoms with Crippen LogP contribution in [0.3, 0.4) is 0 Å². The zero-order chi connectivity index (χ0) is 18.9. The van der Waals surface area contributed by atoms with Crippen molar-refractivity contribution in [3.8, 4) is 11.5 Å². The average Bonchev–Trinajstić information content (AvgIpc) is 2.72. The van der Waals surface area contributed by atoms with Gasteiger partial charge >= 0.3 is 0 Å². The summed E-state index contributed by atoms with van der Waals surface area (Å²) >= 11 is 0. The van der Waals surface area contributed by atoms with Gasteiger partial charge in [-0.25, -0.2) is 0 Å². The highest BCUT2D eigenvalue weighted by molar-refractivity contribution is 5.94. The fraction of sp³-hybridized carbons (Fsp3) is 0.174.